The van der Waals surface area contributed by atoms with Crippen LogP contribution < -0.4 is 5.32 Å². The minimum absolute atomic E-state index is 0.107. The molecule has 7 nitrogen and oxygen atoms in total. The van der Waals surface area contributed by atoms with Crippen molar-refractivity contribution in [2.75, 3.05) is 11.9 Å². The summed E-state index contributed by atoms with van der Waals surface area (Å²) in [5.41, 5.74) is 0.609. The molecule has 130 valence electrons. The summed E-state index contributed by atoms with van der Waals surface area (Å²) in [4.78, 5) is 34.0. The maximum Gasteiger partial charge on any atom is 0.338 e. The lowest BCUT2D eigenvalue weighted by atomic mass is 10.1. The monoisotopic (exact) mass is 382 g/mol. The molecule has 0 spiro atoms. The van der Waals surface area contributed by atoms with E-state index in [4.69, 9.17) is 27.9 Å². The van der Waals surface area contributed by atoms with Crippen LogP contribution in [0.4, 0.5) is 11.4 Å². The maximum atomic E-state index is 11.9. The molecule has 0 aliphatic carbocycles. The Morgan fingerprint density at radius 3 is 2.60 bits per heavy atom. The molecule has 0 aliphatic heterocycles. The lowest BCUT2D eigenvalue weighted by Gasteiger charge is -2.09. The van der Waals surface area contributed by atoms with E-state index in [-0.39, 0.29) is 21.3 Å². The Hall–Kier alpha value is -2.64. The highest BCUT2D eigenvalue weighted by Gasteiger charge is 2.16. The Morgan fingerprint density at radius 2 is 1.96 bits per heavy atom. The van der Waals surface area contributed by atoms with Gasteiger partial charge in [-0.3, -0.25) is 14.9 Å². The minimum atomic E-state index is -0.773. The average molecular weight is 383 g/mol. The molecule has 1 amide bonds. The second-order valence-corrected chi connectivity index (χ2v) is 5.77. The number of hydrogen-bond acceptors (Lipinski definition) is 5. The fourth-order valence-corrected chi connectivity index (χ4v) is 2.34. The zero-order valence-electron chi connectivity index (χ0n) is 12.9. The normalized spacial score (nSPS) is 10.2. The van der Waals surface area contributed by atoms with Gasteiger partial charge in [-0.1, -0.05) is 29.3 Å². The molecule has 1 N–H and O–H groups in total. The molecule has 2 aromatic rings. The zero-order valence-corrected chi connectivity index (χ0v) is 14.4. The van der Waals surface area contributed by atoms with Gasteiger partial charge in [-0.15, -0.1) is 0 Å². The van der Waals surface area contributed by atoms with Crippen LogP contribution in [0.1, 0.15) is 15.9 Å². The van der Waals surface area contributed by atoms with Crippen molar-refractivity contribution < 1.29 is 19.2 Å². The fraction of sp³-hybridized carbons (Fsp3) is 0.125. The number of carbonyl (C=O) groups excluding carboxylic acids is 2. The molecule has 0 bridgehead atoms. The predicted molar refractivity (Wildman–Crippen MR) is 93.2 cm³/mol. The van der Waals surface area contributed by atoms with Crippen molar-refractivity contribution in [3.05, 3.63) is 67.7 Å². The Bertz CT molecular complexity index is 854. The molecule has 0 aliphatic rings. The number of amides is 1. The highest BCUT2D eigenvalue weighted by molar-refractivity contribution is 6.44. The number of esters is 1. The molecular formula is C16H12Cl2N2O5. The largest absolute Gasteiger partial charge is 0.452 e. The lowest BCUT2D eigenvalue weighted by molar-refractivity contribution is -0.385. The van der Waals surface area contributed by atoms with Gasteiger partial charge in [0.15, 0.2) is 6.61 Å². The Morgan fingerprint density at radius 1 is 1.24 bits per heavy atom. The average Bonchev–Trinajstić information content (AvgIpc) is 2.56. The number of carbonyl (C=O) groups is 2. The number of rotatable bonds is 5. The number of nitrogens with zero attached hydrogens (tertiary/aromatic N) is 1. The van der Waals surface area contributed by atoms with Crippen LogP contribution >= 0.6 is 23.2 Å². The van der Waals surface area contributed by atoms with E-state index in [2.05, 4.69) is 5.32 Å². The molecule has 0 atom stereocenters. The van der Waals surface area contributed by atoms with Crippen LogP contribution in [0.2, 0.25) is 10.0 Å². The molecular weight excluding hydrogens is 371 g/mol. The maximum absolute atomic E-state index is 11.9. The van der Waals surface area contributed by atoms with E-state index in [1.807, 2.05) is 0 Å². The van der Waals surface area contributed by atoms with Gasteiger partial charge in [0.05, 0.1) is 26.2 Å². The SMILES string of the molecule is Cc1cc(C(=O)OCC(=O)Nc2cccc(Cl)c2Cl)ccc1[N+](=O)[O-]. The van der Waals surface area contributed by atoms with Crippen LogP contribution in [-0.4, -0.2) is 23.4 Å². The molecule has 25 heavy (non-hydrogen) atoms. The van der Waals surface area contributed by atoms with Gasteiger partial charge < -0.3 is 10.1 Å². The molecule has 9 heteroatoms. The number of halogens is 2. The van der Waals surface area contributed by atoms with Gasteiger partial charge in [-0.2, -0.15) is 0 Å². The topological polar surface area (TPSA) is 98.5 Å². The number of aryl methyl sites for hydroxylation is 1. The van der Waals surface area contributed by atoms with Gasteiger partial charge in [0.2, 0.25) is 0 Å². The summed E-state index contributed by atoms with van der Waals surface area (Å²) in [5, 5.41) is 13.7. The van der Waals surface area contributed by atoms with Crippen molar-refractivity contribution in [1.29, 1.82) is 0 Å². The molecule has 0 saturated carbocycles. The van der Waals surface area contributed by atoms with Gasteiger partial charge >= 0.3 is 5.97 Å². The smallest absolute Gasteiger partial charge is 0.338 e. The van der Waals surface area contributed by atoms with E-state index in [0.717, 1.165) is 0 Å². The summed E-state index contributed by atoms with van der Waals surface area (Å²) in [7, 11) is 0. The standard InChI is InChI=1S/C16H12Cl2N2O5/c1-9-7-10(5-6-13(9)20(23)24)16(22)25-8-14(21)19-12-4-2-3-11(17)15(12)18/h2-7H,8H2,1H3,(H,19,21). The highest BCUT2D eigenvalue weighted by Crippen LogP contribution is 2.29. The number of nitrogens with one attached hydrogen (secondary N) is 1. The van der Waals surface area contributed by atoms with E-state index in [9.17, 15) is 19.7 Å². The van der Waals surface area contributed by atoms with Gasteiger partial charge in [0.1, 0.15) is 0 Å². The summed E-state index contributed by atoms with van der Waals surface area (Å²) in [6.07, 6.45) is 0. The van der Waals surface area contributed by atoms with Crippen LogP contribution in [0.5, 0.6) is 0 Å². The van der Waals surface area contributed by atoms with Crippen LogP contribution in [0.25, 0.3) is 0 Å². The Kier molecular flexibility index (Phi) is 5.95. The number of anilines is 1. The molecule has 0 radical (unpaired) electrons. The molecule has 2 aromatic carbocycles. The first-order valence-electron chi connectivity index (χ1n) is 6.95. The van der Waals surface area contributed by atoms with Crippen molar-refractivity contribution in [3.63, 3.8) is 0 Å². The minimum Gasteiger partial charge on any atom is -0.452 e. The van der Waals surface area contributed by atoms with Crippen molar-refractivity contribution in [2.24, 2.45) is 0 Å². The number of ether oxygens (including phenoxy) is 1. The first-order valence-corrected chi connectivity index (χ1v) is 7.71. The Labute approximate surface area is 152 Å². The van der Waals surface area contributed by atoms with Gasteiger partial charge in [-0.25, -0.2) is 4.79 Å². The summed E-state index contributed by atoms with van der Waals surface area (Å²) in [6, 6.07) is 8.52. The number of nitro groups is 1. The van der Waals surface area contributed by atoms with E-state index in [1.54, 1.807) is 18.2 Å². The van der Waals surface area contributed by atoms with Crippen molar-refractivity contribution in [3.8, 4) is 0 Å². The third-order valence-corrected chi connectivity index (χ3v) is 4.01. The highest BCUT2D eigenvalue weighted by atomic mass is 35.5. The molecule has 2 rings (SSSR count). The second kappa shape index (κ2) is 7.96. The molecule has 0 saturated heterocycles. The number of benzene rings is 2. The lowest BCUT2D eigenvalue weighted by Crippen LogP contribution is -2.21. The Balaban J connectivity index is 1.97. The first-order chi connectivity index (χ1) is 11.8. The predicted octanol–water partition coefficient (Wildman–Crippen LogP) is 4.01. The molecule has 0 fully saturated rings. The number of hydrogen-bond donors (Lipinski definition) is 1. The van der Waals surface area contributed by atoms with Crippen molar-refractivity contribution in [2.45, 2.75) is 6.92 Å². The van der Waals surface area contributed by atoms with E-state index in [1.165, 1.54) is 25.1 Å². The van der Waals surface area contributed by atoms with E-state index in [0.29, 0.717) is 11.3 Å². The van der Waals surface area contributed by atoms with Gasteiger partial charge in [0, 0.05) is 11.6 Å². The zero-order chi connectivity index (χ0) is 18.6. The van der Waals surface area contributed by atoms with Crippen molar-refractivity contribution in [1.82, 2.24) is 0 Å². The summed E-state index contributed by atoms with van der Waals surface area (Å²) in [5.74, 6) is -1.37. The van der Waals surface area contributed by atoms with Crippen LogP contribution in [-0.2, 0) is 9.53 Å². The van der Waals surface area contributed by atoms with Crippen LogP contribution in [0.15, 0.2) is 36.4 Å². The van der Waals surface area contributed by atoms with Gasteiger partial charge in [-0.05, 0) is 31.2 Å². The number of nitro benzene ring substituents is 1. The summed E-state index contributed by atoms with van der Waals surface area (Å²) in [6.45, 7) is 0.959. The second-order valence-electron chi connectivity index (χ2n) is 4.98. The molecule has 0 unspecified atom stereocenters. The van der Waals surface area contributed by atoms with Gasteiger partial charge in [0.25, 0.3) is 11.6 Å². The quantitative estimate of drug-likeness (QED) is 0.478. The van der Waals surface area contributed by atoms with E-state index >= 15 is 0 Å². The third kappa shape index (κ3) is 4.68. The molecule has 0 heterocycles. The summed E-state index contributed by atoms with van der Waals surface area (Å²) >= 11 is 11.8. The molecule has 0 aromatic heterocycles. The van der Waals surface area contributed by atoms with Crippen molar-refractivity contribution >= 4 is 46.5 Å². The van der Waals surface area contributed by atoms with Crippen LogP contribution in [0.3, 0.4) is 0 Å². The fourth-order valence-electron chi connectivity index (χ4n) is 1.99. The first kappa shape index (κ1) is 18.7. The van der Waals surface area contributed by atoms with E-state index < -0.39 is 23.4 Å². The third-order valence-electron chi connectivity index (χ3n) is 3.19. The van der Waals surface area contributed by atoms with Crippen LogP contribution in [0, 0.1) is 17.0 Å². The summed E-state index contributed by atoms with van der Waals surface area (Å²) < 4.78 is 4.89.